The monoisotopic (exact) mass is 244 g/mol. The average molecular weight is 244 g/mol. The van der Waals surface area contributed by atoms with Gasteiger partial charge in [-0.1, -0.05) is 12.1 Å². The molecule has 1 heterocycles. The summed E-state index contributed by atoms with van der Waals surface area (Å²) in [7, 11) is 1.66. The Labute approximate surface area is 106 Å². The number of aromatic nitrogens is 1. The normalized spacial score (nSPS) is 12.3. The van der Waals surface area contributed by atoms with Crippen molar-refractivity contribution < 1.29 is 9.90 Å². The van der Waals surface area contributed by atoms with Crippen LogP contribution in [0.2, 0.25) is 0 Å². The van der Waals surface area contributed by atoms with Gasteiger partial charge in [0, 0.05) is 18.1 Å². The molecule has 2 rings (SSSR count). The fraction of sp³-hybridized carbons (Fsp3) is 0.214. The molecule has 4 nitrogen and oxygen atoms in total. The van der Waals surface area contributed by atoms with E-state index in [0.717, 1.165) is 11.3 Å². The number of benzene rings is 1. The summed E-state index contributed by atoms with van der Waals surface area (Å²) in [4.78, 5) is 10.9. The molecule has 2 N–H and O–H groups in total. The van der Waals surface area contributed by atoms with Crippen molar-refractivity contribution in [2.24, 2.45) is 0 Å². The summed E-state index contributed by atoms with van der Waals surface area (Å²) in [6.45, 7) is 0. The third kappa shape index (κ3) is 2.78. The average Bonchev–Trinajstić information content (AvgIpc) is 2.90. The van der Waals surface area contributed by atoms with E-state index in [4.69, 9.17) is 5.11 Å². The first-order valence-electron chi connectivity index (χ1n) is 5.83. The van der Waals surface area contributed by atoms with Crippen LogP contribution >= 0.6 is 0 Å². The Bertz CT molecular complexity index is 503. The van der Waals surface area contributed by atoms with Gasteiger partial charge in [-0.15, -0.1) is 0 Å². The SMILES string of the molecule is CN[C@@H](Cc1ccc(-n2cccc2)cc1)C(=O)O. The molecule has 0 bridgehead atoms. The van der Waals surface area contributed by atoms with Gasteiger partial charge in [-0.3, -0.25) is 4.79 Å². The molecular weight excluding hydrogens is 228 g/mol. The van der Waals surface area contributed by atoms with Crippen molar-refractivity contribution in [2.75, 3.05) is 7.05 Å². The number of carbonyl (C=O) groups is 1. The van der Waals surface area contributed by atoms with Gasteiger partial charge in [0.2, 0.25) is 0 Å². The summed E-state index contributed by atoms with van der Waals surface area (Å²) in [5.41, 5.74) is 2.08. The van der Waals surface area contributed by atoms with Gasteiger partial charge in [0.15, 0.2) is 0 Å². The summed E-state index contributed by atoms with van der Waals surface area (Å²) in [6.07, 6.45) is 4.43. The zero-order chi connectivity index (χ0) is 13.0. The number of carboxylic acids is 1. The largest absolute Gasteiger partial charge is 0.480 e. The van der Waals surface area contributed by atoms with E-state index < -0.39 is 12.0 Å². The van der Waals surface area contributed by atoms with E-state index in [1.165, 1.54) is 0 Å². The molecule has 1 atom stereocenters. The van der Waals surface area contributed by atoms with Crippen LogP contribution in [0.15, 0.2) is 48.8 Å². The maximum atomic E-state index is 10.9. The van der Waals surface area contributed by atoms with E-state index in [9.17, 15) is 4.79 Å². The summed E-state index contributed by atoms with van der Waals surface area (Å²) in [6, 6.07) is 11.3. The predicted molar refractivity (Wildman–Crippen MR) is 70.0 cm³/mol. The van der Waals surface area contributed by atoms with E-state index in [2.05, 4.69) is 5.32 Å². The van der Waals surface area contributed by atoms with Crippen LogP contribution in [0.3, 0.4) is 0 Å². The van der Waals surface area contributed by atoms with Crippen LogP contribution in [-0.4, -0.2) is 28.7 Å². The highest BCUT2D eigenvalue weighted by atomic mass is 16.4. The third-order valence-electron chi connectivity index (χ3n) is 2.93. The number of carboxylic acid groups (broad SMARTS) is 1. The molecule has 0 amide bonds. The highest BCUT2D eigenvalue weighted by Crippen LogP contribution is 2.11. The molecular formula is C14H16N2O2. The molecule has 18 heavy (non-hydrogen) atoms. The Morgan fingerprint density at radius 1 is 1.28 bits per heavy atom. The summed E-state index contributed by atoms with van der Waals surface area (Å²) >= 11 is 0. The quantitative estimate of drug-likeness (QED) is 0.841. The molecule has 0 aliphatic heterocycles. The maximum absolute atomic E-state index is 10.9. The topological polar surface area (TPSA) is 54.3 Å². The molecule has 0 aliphatic rings. The third-order valence-corrected chi connectivity index (χ3v) is 2.93. The van der Waals surface area contributed by atoms with Gasteiger partial charge in [-0.05, 0) is 43.3 Å². The summed E-state index contributed by atoms with van der Waals surface area (Å²) in [5, 5.41) is 11.8. The van der Waals surface area contributed by atoms with Gasteiger partial charge >= 0.3 is 5.97 Å². The molecule has 4 heteroatoms. The van der Waals surface area contributed by atoms with Crippen molar-refractivity contribution >= 4 is 5.97 Å². The van der Waals surface area contributed by atoms with Gasteiger partial charge in [0.25, 0.3) is 0 Å². The van der Waals surface area contributed by atoms with Gasteiger partial charge in [-0.2, -0.15) is 0 Å². The molecule has 0 aliphatic carbocycles. The second-order valence-electron chi connectivity index (χ2n) is 4.14. The number of nitrogens with zero attached hydrogens (tertiary/aromatic N) is 1. The van der Waals surface area contributed by atoms with Gasteiger partial charge in [0.05, 0.1) is 0 Å². The van der Waals surface area contributed by atoms with E-state index in [0.29, 0.717) is 6.42 Å². The number of hydrogen-bond donors (Lipinski definition) is 2. The highest BCUT2D eigenvalue weighted by molar-refractivity contribution is 5.73. The lowest BCUT2D eigenvalue weighted by molar-refractivity contribution is -0.139. The zero-order valence-corrected chi connectivity index (χ0v) is 10.2. The molecule has 0 spiro atoms. The first kappa shape index (κ1) is 12.4. The standard InChI is InChI=1S/C14H16N2O2/c1-15-13(14(17)18)10-11-4-6-12(7-5-11)16-8-2-3-9-16/h2-9,13,15H,10H2,1H3,(H,17,18)/t13-/m0/s1. The lowest BCUT2D eigenvalue weighted by atomic mass is 10.1. The first-order valence-corrected chi connectivity index (χ1v) is 5.83. The second-order valence-corrected chi connectivity index (χ2v) is 4.14. The van der Waals surface area contributed by atoms with E-state index in [1.54, 1.807) is 7.05 Å². The van der Waals surface area contributed by atoms with Gasteiger partial charge in [0.1, 0.15) is 6.04 Å². The van der Waals surface area contributed by atoms with Crippen molar-refractivity contribution in [3.05, 3.63) is 54.4 Å². The molecule has 0 saturated heterocycles. The van der Waals surface area contributed by atoms with Crippen LogP contribution in [0.5, 0.6) is 0 Å². The van der Waals surface area contributed by atoms with Gasteiger partial charge < -0.3 is 15.0 Å². The van der Waals surface area contributed by atoms with Crippen molar-refractivity contribution in [1.82, 2.24) is 9.88 Å². The minimum Gasteiger partial charge on any atom is -0.480 e. The minimum absolute atomic E-state index is 0.484. The Morgan fingerprint density at radius 2 is 1.89 bits per heavy atom. The summed E-state index contributed by atoms with van der Waals surface area (Å²) < 4.78 is 2.01. The van der Waals surface area contributed by atoms with Crippen LogP contribution in [0, 0.1) is 0 Å². The molecule has 1 aromatic heterocycles. The lowest BCUT2D eigenvalue weighted by Crippen LogP contribution is -2.35. The number of likely N-dealkylation sites (N-methyl/N-ethyl adjacent to an activating group) is 1. The molecule has 0 radical (unpaired) electrons. The number of rotatable bonds is 5. The molecule has 0 unspecified atom stereocenters. The zero-order valence-electron chi connectivity index (χ0n) is 10.2. The fourth-order valence-electron chi connectivity index (χ4n) is 1.86. The molecule has 2 aromatic rings. The Morgan fingerprint density at radius 3 is 2.39 bits per heavy atom. The molecule has 0 saturated carbocycles. The Kier molecular flexibility index (Phi) is 3.79. The molecule has 1 aromatic carbocycles. The fourth-order valence-corrected chi connectivity index (χ4v) is 1.86. The number of nitrogens with one attached hydrogen (secondary N) is 1. The van der Waals surface area contributed by atoms with Crippen LogP contribution < -0.4 is 5.32 Å². The van der Waals surface area contributed by atoms with Crippen molar-refractivity contribution in [3.63, 3.8) is 0 Å². The van der Waals surface area contributed by atoms with Crippen LogP contribution in [-0.2, 0) is 11.2 Å². The van der Waals surface area contributed by atoms with Crippen molar-refractivity contribution in [1.29, 1.82) is 0 Å². The van der Waals surface area contributed by atoms with E-state index in [-0.39, 0.29) is 0 Å². The number of aliphatic carboxylic acids is 1. The van der Waals surface area contributed by atoms with Crippen LogP contribution in [0.4, 0.5) is 0 Å². The molecule has 0 fully saturated rings. The number of hydrogen-bond acceptors (Lipinski definition) is 2. The van der Waals surface area contributed by atoms with Crippen molar-refractivity contribution in [2.45, 2.75) is 12.5 Å². The van der Waals surface area contributed by atoms with Crippen LogP contribution in [0.1, 0.15) is 5.56 Å². The Hall–Kier alpha value is -2.07. The second kappa shape index (κ2) is 5.51. The lowest BCUT2D eigenvalue weighted by Gasteiger charge is -2.11. The van der Waals surface area contributed by atoms with Crippen LogP contribution in [0.25, 0.3) is 5.69 Å². The van der Waals surface area contributed by atoms with Crippen molar-refractivity contribution in [3.8, 4) is 5.69 Å². The highest BCUT2D eigenvalue weighted by Gasteiger charge is 2.14. The van der Waals surface area contributed by atoms with Gasteiger partial charge in [-0.25, -0.2) is 0 Å². The minimum atomic E-state index is -0.827. The van der Waals surface area contributed by atoms with E-state index >= 15 is 0 Å². The summed E-state index contributed by atoms with van der Waals surface area (Å²) in [5.74, 6) is -0.827. The predicted octanol–water partition coefficient (Wildman–Crippen LogP) is 1.69. The Balaban J connectivity index is 2.10. The molecule has 94 valence electrons. The first-order chi connectivity index (χ1) is 8.70. The maximum Gasteiger partial charge on any atom is 0.321 e. The smallest absolute Gasteiger partial charge is 0.321 e. The van der Waals surface area contributed by atoms with E-state index in [1.807, 2.05) is 53.4 Å².